The fraction of sp³-hybridized carbons (Fsp3) is 0.308. The minimum Gasteiger partial charge on any atom is -0.497 e. The normalized spacial score (nSPS) is 10.7. The van der Waals surface area contributed by atoms with E-state index >= 15 is 0 Å². The van der Waals surface area contributed by atoms with Crippen molar-refractivity contribution in [3.05, 3.63) is 40.9 Å². The van der Waals surface area contributed by atoms with Crippen LogP contribution in [0.1, 0.15) is 10.4 Å². The molecule has 0 spiro atoms. The third-order valence-electron chi connectivity index (χ3n) is 2.71. The van der Waals surface area contributed by atoms with Gasteiger partial charge in [0.15, 0.2) is 5.13 Å². The van der Waals surface area contributed by atoms with E-state index in [1.807, 2.05) is 18.3 Å². The van der Waals surface area contributed by atoms with Crippen LogP contribution in [0.25, 0.3) is 0 Å². The number of hydrogen-bond donors (Lipinski definition) is 2. The minimum atomic E-state index is 0.743. The van der Waals surface area contributed by atoms with Gasteiger partial charge in [-0.2, -0.15) is 0 Å². The van der Waals surface area contributed by atoms with Crippen LogP contribution in [0.15, 0.2) is 30.5 Å². The van der Waals surface area contributed by atoms with Gasteiger partial charge >= 0.3 is 0 Å². The van der Waals surface area contributed by atoms with Crippen LogP contribution in [0.2, 0.25) is 0 Å². The lowest BCUT2D eigenvalue weighted by Crippen LogP contribution is -2.16. The molecule has 3 N–H and O–H groups in total. The number of benzene rings is 1. The number of nitrogen functional groups attached to an aromatic ring is 1. The van der Waals surface area contributed by atoms with E-state index in [2.05, 4.69) is 34.5 Å². The molecule has 0 bridgehead atoms. The summed E-state index contributed by atoms with van der Waals surface area (Å²) in [6.07, 6.45) is 1.85. The molecule has 19 heavy (non-hydrogen) atoms. The van der Waals surface area contributed by atoms with Crippen LogP contribution in [0.3, 0.4) is 0 Å². The van der Waals surface area contributed by atoms with Gasteiger partial charge in [0.05, 0.1) is 7.11 Å². The largest absolute Gasteiger partial charge is 0.497 e. The highest BCUT2D eigenvalue weighted by molar-refractivity contribution is 7.15. The lowest BCUT2D eigenvalue weighted by atomic mass is 10.2. The summed E-state index contributed by atoms with van der Waals surface area (Å²) >= 11 is 1.57. The smallest absolute Gasteiger partial charge is 0.197 e. The van der Waals surface area contributed by atoms with Crippen molar-refractivity contribution in [2.45, 2.75) is 13.1 Å². The molecule has 0 saturated carbocycles. The van der Waals surface area contributed by atoms with E-state index in [1.165, 1.54) is 10.4 Å². The van der Waals surface area contributed by atoms with Crippen LogP contribution in [0, 0.1) is 0 Å². The van der Waals surface area contributed by atoms with Crippen LogP contribution >= 0.6 is 11.3 Å². The molecule has 1 aromatic heterocycles. The number of nitrogens with one attached hydrogen (secondary N) is 1. The zero-order valence-electron chi connectivity index (χ0n) is 11.1. The van der Waals surface area contributed by atoms with Crippen LogP contribution in [-0.2, 0) is 13.1 Å². The molecule has 0 atom stereocenters. The number of rotatable bonds is 6. The van der Waals surface area contributed by atoms with Gasteiger partial charge < -0.3 is 4.74 Å². The first-order valence-electron chi connectivity index (χ1n) is 5.94. The number of hydrazine groups is 1. The molecular weight excluding hydrogens is 260 g/mol. The summed E-state index contributed by atoms with van der Waals surface area (Å²) < 4.78 is 5.15. The molecule has 2 rings (SSSR count). The van der Waals surface area contributed by atoms with Crippen molar-refractivity contribution in [2.75, 3.05) is 19.6 Å². The molecule has 0 radical (unpaired) electrons. The molecule has 1 heterocycles. The van der Waals surface area contributed by atoms with Gasteiger partial charge in [0.2, 0.25) is 0 Å². The van der Waals surface area contributed by atoms with Crippen molar-refractivity contribution in [3.8, 4) is 5.75 Å². The molecule has 0 aliphatic carbocycles. The second-order valence-corrected chi connectivity index (χ2v) is 5.41. The Hall–Kier alpha value is -1.63. The maximum Gasteiger partial charge on any atom is 0.197 e. The van der Waals surface area contributed by atoms with E-state index in [0.717, 1.165) is 24.0 Å². The molecule has 0 amide bonds. The van der Waals surface area contributed by atoms with E-state index in [9.17, 15) is 0 Å². The monoisotopic (exact) mass is 278 g/mol. The summed E-state index contributed by atoms with van der Waals surface area (Å²) in [7, 11) is 3.76. The van der Waals surface area contributed by atoms with Gasteiger partial charge in [0.25, 0.3) is 0 Å². The van der Waals surface area contributed by atoms with Gasteiger partial charge in [-0.3, -0.25) is 10.3 Å². The summed E-state index contributed by atoms with van der Waals surface area (Å²) in [4.78, 5) is 7.57. The Morgan fingerprint density at radius 1 is 1.32 bits per heavy atom. The fourth-order valence-electron chi connectivity index (χ4n) is 1.81. The number of thiazole rings is 1. The molecule has 0 aliphatic rings. The Morgan fingerprint density at radius 3 is 2.63 bits per heavy atom. The van der Waals surface area contributed by atoms with Crippen molar-refractivity contribution in [2.24, 2.45) is 5.84 Å². The molecule has 0 saturated heterocycles. The SMILES string of the molecule is COc1ccc(CN(C)Cc2cnc(NN)s2)cc1. The average Bonchev–Trinajstić information content (AvgIpc) is 2.87. The lowest BCUT2D eigenvalue weighted by molar-refractivity contribution is 0.321. The van der Waals surface area contributed by atoms with E-state index in [0.29, 0.717) is 0 Å². The first-order valence-corrected chi connectivity index (χ1v) is 6.75. The van der Waals surface area contributed by atoms with Gasteiger partial charge in [-0.1, -0.05) is 23.5 Å². The van der Waals surface area contributed by atoms with Gasteiger partial charge in [-0.05, 0) is 24.7 Å². The van der Waals surface area contributed by atoms with E-state index in [4.69, 9.17) is 10.6 Å². The molecule has 0 unspecified atom stereocenters. The lowest BCUT2D eigenvalue weighted by Gasteiger charge is -2.15. The van der Waals surface area contributed by atoms with E-state index in [-0.39, 0.29) is 0 Å². The Bertz CT molecular complexity index is 512. The molecule has 1 aromatic carbocycles. The van der Waals surface area contributed by atoms with Crippen molar-refractivity contribution < 1.29 is 4.74 Å². The van der Waals surface area contributed by atoms with E-state index in [1.54, 1.807) is 18.4 Å². The fourth-order valence-corrected chi connectivity index (χ4v) is 2.61. The summed E-state index contributed by atoms with van der Waals surface area (Å²) in [6, 6.07) is 8.11. The number of hydrogen-bond acceptors (Lipinski definition) is 6. The molecule has 6 heteroatoms. The Balaban J connectivity index is 1.90. The molecule has 5 nitrogen and oxygen atoms in total. The quantitative estimate of drug-likeness (QED) is 0.625. The van der Waals surface area contributed by atoms with Gasteiger partial charge in [-0.25, -0.2) is 10.8 Å². The molecule has 2 aromatic rings. The summed E-state index contributed by atoms with van der Waals surface area (Å²) in [5, 5.41) is 0.743. The van der Waals surface area contributed by atoms with E-state index < -0.39 is 0 Å². The highest BCUT2D eigenvalue weighted by Gasteiger charge is 2.05. The third-order valence-corrected chi connectivity index (χ3v) is 3.63. The molecular formula is C13H18N4OS. The number of nitrogens with zero attached hydrogens (tertiary/aromatic N) is 2. The highest BCUT2D eigenvalue weighted by Crippen LogP contribution is 2.19. The second-order valence-electron chi connectivity index (χ2n) is 4.30. The number of anilines is 1. The van der Waals surface area contributed by atoms with Crippen LogP contribution in [-0.4, -0.2) is 24.0 Å². The number of nitrogens with two attached hydrogens (primary N) is 1. The molecule has 0 fully saturated rings. The minimum absolute atomic E-state index is 0.743. The standard InChI is InChI=1S/C13H18N4OS/c1-17(9-12-7-15-13(16-14)19-12)8-10-3-5-11(18-2)6-4-10/h3-7H,8-9,14H2,1-2H3,(H,15,16). The second kappa shape index (κ2) is 6.51. The maximum atomic E-state index is 5.32. The first-order chi connectivity index (χ1) is 9.21. The topological polar surface area (TPSA) is 63.4 Å². The predicted octanol–water partition coefficient (Wildman–Crippen LogP) is 2.07. The van der Waals surface area contributed by atoms with Gasteiger partial charge in [0.1, 0.15) is 5.75 Å². The summed E-state index contributed by atoms with van der Waals surface area (Å²) in [5.41, 5.74) is 3.81. The highest BCUT2D eigenvalue weighted by atomic mass is 32.1. The summed E-state index contributed by atoms with van der Waals surface area (Å²) in [6.45, 7) is 1.73. The Morgan fingerprint density at radius 2 is 2.05 bits per heavy atom. The van der Waals surface area contributed by atoms with Crippen LogP contribution < -0.4 is 16.0 Å². The molecule has 0 aliphatic heterocycles. The van der Waals surface area contributed by atoms with Gasteiger partial charge in [-0.15, -0.1) is 0 Å². The van der Waals surface area contributed by atoms with Crippen molar-refractivity contribution in [1.82, 2.24) is 9.88 Å². The zero-order valence-corrected chi connectivity index (χ0v) is 11.9. The Labute approximate surface area is 117 Å². The average molecular weight is 278 g/mol. The number of ether oxygens (including phenoxy) is 1. The number of aromatic nitrogens is 1. The van der Waals surface area contributed by atoms with Crippen LogP contribution in [0.4, 0.5) is 5.13 Å². The maximum absolute atomic E-state index is 5.32. The van der Waals surface area contributed by atoms with Crippen molar-refractivity contribution in [1.29, 1.82) is 0 Å². The third kappa shape index (κ3) is 3.92. The zero-order chi connectivity index (χ0) is 13.7. The predicted molar refractivity (Wildman–Crippen MR) is 78.1 cm³/mol. The van der Waals surface area contributed by atoms with Crippen LogP contribution in [0.5, 0.6) is 5.75 Å². The Kier molecular flexibility index (Phi) is 4.73. The van der Waals surface area contributed by atoms with Crippen molar-refractivity contribution in [3.63, 3.8) is 0 Å². The van der Waals surface area contributed by atoms with Crippen molar-refractivity contribution >= 4 is 16.5 Å². The summed E-state index contributed by atoms with van der Waals surface area (Å²) in [5.74, 6) is 6.20. The number of methoxy groups -OCH3 is 1. The molecule has 102 valence electrons. The van der Waals surface area contributed by atoms with Gasteiger partial charge in [0, 0.05) is 24.2 Å². The first kappa shape index (κ1) is 13.8.